The highest BCUT2D eigenvalue weighted by molar-refractivity contribution is 5.95. The maximum atomic E-state index is 12.2. The third-order valence-electron chi connectivity index (χ3n) is 3.01. The first-order valence-electron chi connectivity index (χ1n) is 6.56. The molecule has 1 aliphatic rings. The highest BCUT2D eigenvalue weighted by Crippen LogP contribution is 2.30. The maximum absolute atomic E-state index is 12.2. The van der Waals surface area contributed by atoms with Crippen molar-refractivity contribution in [2.75, 3.05) is 31.1 Å². The van der Waals surface area contributed by atoms with Gasteiger partial charge in [-0.15, -0.1) is 0 Å². The van der Waals surface area contributed by atoms with Gasteiger partial charge in [0, 0.05) is 19.5 Å². The summed E-state index contributed by atoms with van der Waals surface area (Å²) in [6.07, 6.45) is 1.41. The molecular formula is C14H20N2O2. The van der Waals surface area contributed by atoms with Gasteiger partial charge in [-0.3, -0.25) is 4.79 Å². The van der Waals surface area contributed by atoms with E-state index < -0.39 is 0 Å². The van der Waals surface area contributed by atoms with Gasteiger partial charge in [-0.2, -0.15) is 0 Å². The van der Waals surface area contributed by atoms with E-state index in [1.807, 2.05) is 36.1 Å². The molecule has 18 heavy (non-hydrogen) atoms. The molecule has 0 saturated carbocycles. The second-order valence-corrected chi connectivity index (χ2v) is 4.32. The topological polar surface area (TPSA) is 41.6 Å². The van der Waals surface area contributed by atoms with Gasteiger partial charge in [0.2, 0.25) is 5.91 Å². The predicted octanol–water partition coefficient (Wildman–Crippen LogP) is 1.80. The van der Waals surface area contributed by atoms with Crippen LogP contribution < -0.4 is 15.0 Å². The lowest BCUT2D eigenvalue weighted by molar-refractivity contribution is -0.118. The number of nitrogens with zero attached hydrogens (tertiary/aromatic N) is 1. The van der Waals surface area contributed by atoms with Gasteiger partial charge in [0.05, 0.1) is 12.3 Å². The van der Waals surface area contributed by atoms with Crippen LogP contribution in [0.3, 0.4) is 0 Å². The van der Waals surface area contributed by atoms with E-state index in [1.165, 1.54) is 0 Å². The van der Waals surface area contributed by atoms with Crippen LogP contribution in [0.4, 0.5) is 5.69 Å². The molecule has 1 heterocycles. The van der Waals surface area contributed by atoms with Gasteiger partial charge in [-0.25, -0.2) is 0 Å². The van der Waals surface area contributed by atoms with E-state index in [-0.39, 0.29) is 5.91 Å². The SMILES string of the molecule is CCNCCC(=O)N1CCCOc2ccccc21. The minimum Gasteiger partial charge on any atom is -0.491 e. The Kier molecular flexibility index (Phi) is 4.59. The summed E-state index contributed by atoms with van der Waals surface area (Å²) in [6, 6.07) is 7.75. The van der Waals surface area contributed by atoms with Gasteiger partial charge in [-0.05, 0) is 25.1 Å². The Balaban J connectivity index is 2.09. The zero-order chi connectivity index (χ0) is 12.8. The summed E-state index contributed by atoms with van der Waals surface area (Å²) in [5.74, 6) is 0.973. The van der Waals surface area contributed by atoms with Gasteiger partial charge in [0.25, 0.3) is 0 Å². The molecule has 0 spiro atoms. The second-order valence-electron chi connectivity index (χ2n) is 4.32. The molecule has 1 aromatic carbocycles. The highest BCUT2D eigenvalue weighted by Gasteiger charge is 2.20. The van der Waals surface area contributed by atoms with Crippen LogP contribution >= 0.6 is 0 Å². The van der Waals surface area contributed by atoms with Crippen LogP contribution in [0.25, 0.3) is 0 Å². The Morgan fingerprint density at radius 2 is 2.28 bits per heavy atom. The number of amides is 1. The number of hydrogen-bond acceptors (Lipinski definition) is 3. The van der Waals surface area contributed by atoms with Crippen molar-refractivity contribution in [1.29, 1.82) is 0 Å². The summed E-state index contributed by atoms with van der Waals surface area (Å²) in [6.45, 7) is 5.08. The van der Waals surface area contributed by atoms with Crippen LogP contribution in [0.1, 0.15) is 19.8 Å². The Morgan fingerprint density at radius 1 is 1.44 bits per heavy atom. The molecule has 0 aliphatic carbocycles. The number of carbonyl (C=O) groups excluding carboxylic acids is 1. The van der Waals surface area contributed by atoms with Crippen LogP contribution in [-0.4, -0.2) is 32.1 Å². The smallest absolute Gasteiger partial charge is 0.228 e. The van der Waals surface area contributed by atoms with Crippen molar-refractivity contribution in [2.24, 2.45) is 0 Å². The van der Waals surface area contributed by atoms with E-state index >= 15 is 0 Å². The molecule has 1 N–H and O–H groups in total. The van der Waals surface area contributed by atoms with Gasteiger partial charge < -0.3 is 15.0 Å². The molecule has 4 nitrogen and oxygen atoms in total. The number of benzene rings is 1. The van der Waals surface area contributed by atoms with Gasteiger partial charge >= 0.3 is 0 Å². The molecule has 0 fully saturated rings. The number of nitrogens with one attached hydrogen (secondary N) is 1. The Labute approximate surface area is 108 Å². The summed E-state index contributed by atoms with van der Waals surface area (Å²) in [7, 11) is 0. The van der Waals surface area contributed by atoms with Crippen molar-refractivity contribution in [3.63, 3.8) is 0 Å². The number of rotatable bonds is 4. The summed E-state index contributed by atoms with van der Waals surface area (Å²) in [5, 5.41) is 3.18. The minimum atomic E-state index is 0.161. The maximum Gasteiger partial charge on any atom is 0.228 e. The summed E-state index contributed by atoms with van der Waals surface area (Å²) >= 11 is 0. The number of anilines is 1. The molecule has 0 saturated heterocycles. The first-order chi connectivity index (χ1) is 8.83. The molecule has 4 heteroatoms. The van der Waals surface area contributed by atoms with Crippen molar-refractivity contribution in [2.45, 2.75) is 19.8 Å². The van der Waals surface area contributed by atoms with Crippen LogP contribution in [-0.2, 0) is 4.79 Å². The third kappa shape index (κ3) is 3.01. The van der Waals surface area contributed by atoms with Crippen LogP contribution in [0.5, 0.6) is 5.75 Å². The molecule has 1 amide bonds. The zero-order valence-corrected chi connectivity index (χ0v) is 10.8. The van der Waals surface area contributed by atoms with Gasteiger partial charge in [-0.1, -0.05) is 19.1 Å². The van der Waals surface area contributed by atoms with E-state index in [4.69, 9.17) is 4.74 Å². The fourth-order valence-electron chi connectivity index (χ4n) is 2.09. The van der Waals surface area contributed by atoms with E-state index in [0.29, 0.717) is 13.0 Å². The van der Waals surface area contributed by atoms with E-state index in [1.54, 1.807) is 0 Å². The number of fused-ring (bicyclic) bond motifs is 1. The van der Waals surface area contributed by atoms with Gasteiger partial charge in [0.1, 0.15) is 5.75 Å². The molecule has 1 aromatic rings. The van der Waals surface area contributed by atoms with Crippen molar-refractivity contribution in [3.05, 3.63) is 24.3 Å². The first-order valence-corrected chi connectivity index (χ1v) is 6.56. The van der Waals surface area contributed by atoms with E-state index in [0.717, 1.165) is 37.5 Å². The molecule has 0 atom stereocenters. The molecule has 0 bridgehead atoms. The number of para-hydroxylation sites is 2. The standard InChI is InChI=1S/C14H20N2O2/c1-2-15-9-8-14(17)16-10-5-11-18-13-7-4-3-6-12(13)16/h3-4,6-7,15H,2,5,8-11H2,1H3. The molecule has 0 aromatic heterocycles. The van der Waals surface area contributed by atoms with Crippen molar-refractivity contribution in [1.82, 2.24) is 5.32 Å². The predicted molar refractivity (Wildman–Crippen MR) is 72.1 cm³/mol. The lowest BCUT2D eigenvalue weighted by Gasteiger charge is -2.21. The molecule has 2 rings (SSSR count). The molecular weight excluding hydrogens is 228 g/mol. The molecule has 0 radical (unpaired) electrons. The van der Waals surface area contributed by atoms with Crippen LogP contribution in [0, 0.1) is 0 Å². The number of carbonyl (C=O) groups is 1. The highest BCUT2D eigenvalue weighted by atomic mass is 16.5. The number of hydrogen-bond donors (Lipinski definition) is 1. The average molecular weight is 248 g/mol. The summed E-state index contributed by atoms with van der Waals surface area (Å²) in [5.41, 5.74) is 0.900. The summed E-state index contributed by atoms with van der Waals surface area (Å²) in [4.78, 5) is 14.1. The van der Waals surface area contributed by atoms with Crippen molar-refractivity contribution in [3.8, 4) is 5.75 Å². The van der Waals surface area contributed by atoms with Crippen molar-refractivity contribution >= 4 is 11.6 Å². The monoisotopic (exact) mass is 248 g/mol. The van der Waals surface area contributed by atoms with Gasteiger partial charge in [0.15, 0.2) is 0 Å². The molecule has 1 aliphatic heterocycles. The van der Waals surface area contributed by atoms with Crippen LogP contribution in [0.15, 0.2) is 24.3 Å². The van der Waals surface area contributed by atoms with E-state index in [9.17, 15) is 4.79 Å². The summed E-state index contributed by atoms with van der Waals surface area (Å²) < 4.78 is 5.64. The quantitative estimate of drug-likeness (QED) is 0.826. The third-order valence-corrected chi connectivity index (χ3v) is 3.01. The minimum absolute atomic E-state index is 0.161. The fraction of sp³-hybridized carbons (Fsp3) is 0.500. The lowest BCUT2D eigenvalue weighted by Crippen LogP contribution is -2.33. The molecule has 0 unspecified atom stereocenters. The second kappa shape index (κ2) is 6.40. The first kappa shape index (κ1) is 12.9. The molecule has 98 valence electrons. The Morgan fingerprint density at radius 3 is 3.11 bits per heavy atom. The van der Waals surface area contributed by atoms with Crippen LogP contribution in [0.2, 0.25) is 0 Å². The Hall–Kier alpha value is -1.55. The van der Waals surface area contributed by atoms with E-state index in [2.05, 4.69) is 5.32 Å². The van der Waals surface area contributed by atoms with Crippen molar-refractivity contribution < 1.29 is 9.53 Å². The average Bonchev–Trinajstić information content (AvgIpc) is 2.61. The Bertz CT molecular complexity index is 407. The zero-order valence-electron chi connectivity index (χ0n) is 10.8. The number of ether oxygens (including phenoxy) is 1. The normalized spacial score (nSPS) is 14.6. The largest absolute Gasteiger partial charge is 0.491 e. The fourth-order valence-corrected chi connectivity index (χ4v) is 2.09. The lowest BCUT2D eigenvalue weighted by atomic mass is 10.2.